The highest BCUT2D eigenvalue weighted by Gasteiger charge is 2.20. The molecule has 3 aromatic rings. The fourth-order valence-corrected chi connectivity index (χ4v) is 3.31. The van der Waals surface area contributed by atoms with Crippen LogP contribution in [0.15, 0.2) is 24.7 Å². The summed E-state index contributed by atoms with van der Waals surface area (Å²) < 4.78 is 5.54. The van der Waals surface area contributed by atoms with E-state index in [0.717, 1.165) is 21.3 Å². The summed E-state index contributed by atoms with van der Waals surface area (Å²) in [4.78, 5) is 26.4. The standard InChI is InChI=1S/C16H16N4O2S/c1-4-22-15-12-10(3)13(23-16(12)19-8-18-15)14(21)20-11-7-9(2)5-6-17-11/h5-8H,4H2,1-3H3,(H,17,20,21). The minimum atomic E-state index is -0.203. The number of aromatic nitrogens is 3. The maximum atomic E-state index is 12.6. The Labute approximate surface area is 137 Å². The monoisotopic (exact) mass is 328 g/mol. The number of rotatable bonds is 4. The maximum Gasteiger partial charge on any atom is 0.267 e. The lowest BCUT2D eigenvalue weighted by Crippen LogP contribution is -2.12. The van der Waals surface area contributed by atoms with Crippen LogP contribution in [0.3, 0.4) is 0 Å². The second-order valence-corrected chi connectivity index (χ2v) is 6.02. The van der Waals surface area contributed by atoms with Gasteiger partial charge >= 0.3 is 0 Å². The summed E-state index contributed by atoms with van der Waals surface area (Å²) in [6, 6.07) is 3.70. The normalized spacial score (nSPS) is 10.7. The van der Waals surface area contributed by atoms with Crippen molar-refractivity contribution in [3.8, 4) is 5.88 Å². The Bertz CT molecular complexity index is 876. The Hall–Kier alpha value is -2.54. The third kappa shape index (κ3) is 3.00. The van der Waals surface area contributed by atoms with Crippen LogP contribution >= 0.6 is 11.3 Å². The second-order valence-electron chi connectivity index (χ2n) is 5.02. The molecule has 0 aliphatic heterocycles. The van der Waals surface area contributed by atoms with Crippen molar-refractivity contribution in [3.63, 3.8) is 0 Å². The molecule has 3 aromatic heterocycles. The fourth-order valence-electron chi connectivity index (χ4n) is 2.28. The van der Waals surface area contributed by atoms with Gasteiger partial charge in [0, 0.05) is 6.20 Å². The van der Waals surface area contributed by atoms with Gasteiger partial charge in [-0.1, -0.05) is 0 Å². The number of fused-ring (bicyclic) bond motifs is 1. The van der Waals surface area contributed by atoms with Crippen LogP contribution in [0.2, 0.25) is 0 Å². The Morgan fingerprint density at radius 3 is 2.87 bits per heavy atom. The molecule has 0 radical (unpaired) electrons. The molecule has 7 heteroatoms. The highest BCUT2D eigenvalue weighted by Crippen LogP contribution is 2.34. The predicted octanol–water partition coefficient (Wildman–Crippen LogP) is 3.35. The summed E-state index contributed by atoms with van der Waals surface area (Å²) in [5, 5.41) is 3.62. The average molecular weight is 328 g/mol. The third-order valence-electron chi connectivity index (χ3n) is 3.34. The summed E-state index contributed by atoms with van der Waals surface area (Å²) in [5.74, 6) is 0.841. The molecule has 6 nitrogen and oxygen atoms in total. The van der Waals surface area contributed by atoms with E-state index in [1.54, 1.807) is 6.20 Å². The lowest BCUT2D eigenvalue weighted by atomic mass is 10.2. The number of carbonyl (C=O) groups excluding carboxylic acids is 1. The van der Waals surface area contributed by atoms with Crippen molar-refractivity contribution in [2.24, 2.45) is 0 Å². The molecule has 0 atom stereocenters. The highest BCUT2D eigenvalue weighted by atomic mass is 32.1. The number of amides is 1. The largest absolute Gasteiger partial charge is 0.477 e. The number of ether oxygens (including phenoxy) is 1. The van der Waals surface area contributed by atoms with E-state index in [-0.39, 0.29) is 5.91 Å². The van der Waals surface area contributed by atoms with Gasteiger partial charge in [-0.2, -0.15) is 0 Å². The van der Waals surface area contributed by atoms with Gasteiger partial charge in [0.1, 0.15) is 17.0 Å². The Balaban J connectivity index is 1.98. The van der Waals surface area contributed by atoms with Crippen molar-refractivity contribution in [3.05, 3.63) is 40.7 Å². The number of anilines is 1. The van der Waals surface area contributed by atoms with Gasteiger partial charge in [-0.05, 0) is 44.0 Å². The average Bonchev–Trinajstić information content (AvgIpc) is 2.86. The quantitative estimate of drug-likeness (QED) is 0.794. The molecule has 1 amide bonds. The first-order chi connectivity index (χ1) is 11.1. The van der Waals surface area contributed by atoms with Crippen molar-refractivity contribution >= 4 is 33.3 Å². The number of pyridine rings is 1. The summed E-state index contributed by atoms with van der Waals surface area (Å²) in [7, 11) is 0. The van der Waals surface area contributed by atoms with Crippen LogP contribution in [-0.2, 0) is 0 Å². The first-order valence-corrected chi connectivity index (χ1v) is 8.02. The topological polar surface area (TPSA) is 77.0 Å². The molecule has 0 aliphatic rings. The van der Waals surface area contributed by atoms with E-state index in [0.29, 0.717) is 23.2 Å². The van der Waals surface area contributed by atoms with E-state index in [2.05, 4.69) is 20.3 Å². The molecular weight excluding hydrogens is 312 g/mol. The van der Waals surface area contributed by atoms with E-state index < -0.39 is 0 Å². The molecule has 3 heterocycles. The zero-order valence-electron chi connectivity index (χ0n) is 13.1. The van der Waals surface area contributed by atoms with Crippen LogP contribution < -0.4 is 10.1 Å². The number of hydrogen-bond acceptors (Lipinski definition) is 6. The Morgan fingerprint density at radius 2 is 2.13 bits per heavy atom. The molecule has 0 saturated carbocycles. The molecule has 0 aromatic carbocycles. The first kappa shape index (κ1) is 15.4. The van der Waals surface area contributed by atoms with E-state index in [1.165, 1.54) is 17.7 Å². The van der Waals surface area contributed by atoms with Gasteiger partial charge in [0.05, 0.1) is 16.9 Å². The van der Waals surface area contributed by atoms with Gasteiger partial charge < -0.3 is 10.1 Å². The SMILES string of the molecule is CCOc1ncnc2sc(C(=O)Nc3cc(C)ccn3)c(C)c12. The van der Waals surface area contributed by atoms with Crippen molar-refractivity contribution in [2.75, 3.05) is 11.9 Å². The molecule has 0 aliphatic carbocycles. The van der Waals surface area contributed by atoms with E-state index in [1.807, 2.05) is 32.9 Å². The molecule has 0 unspecified atom stereocenters. The van der Waals surface area contributed by atoms with E-state index in [4.69, 9.17) is 4.74 Å². The molecule has 3 rings (SSSR count). The third-order valence-corrected chi connectivity index (χ3v) is 4.53. The maximum absolute atomic E-state index is 12.6. The second kappa shape index (κ2) is 6.29. The number of thiophene rings is 1. The minimum absolute atomic E-state index is 0.203. The van der Waals surface area contributed by atoms with Crippen molar-refractivity contribution in [1.82, 2.24) is 15.0 Å². The van der Waals surface area contributed by atoms with E-state index in [9.17, 15) is 4.79 Å². The Kier molecular flexibility index (Phi) is 4.20. The van der Waals surface area contributed by atoms with Crippen molar-refractivity contribution in [2.45, 2.75) is 20.8 Å². The zero-order chi connectivity index (χ0) is 16.4. The predicted molar refractivity (Wildman–Crippen MR) is 90.2 cm³/mol. The van der Waals surface area contributed by atoms with Crippen LogP contribution in [0.1, 0.15) is 27.7 Å². The van der Waals surface area contributed by atoms with Gasteiger partial charge in [0.2, 0.25) is 5.88 Å². The van der Waals surface area contributed by atoms with Crippen LogP contribution in [0, 0.1) is 13.8 Å². The van der Waals surface area contributed by atoms with Crippen molar-refractivity contribution in [1.29, 1.82) is 0 Å². The summed E-state index contributed by atoms with van der Waals surface area (Å²) in [6.45, 7) is 6.23. The lowest BCUT2D eigenvalue weighted by Gasteiger charge is -2.05. The van der Waals surface area contributed by atoms with Crippen LogP contribution in [0.4, 0.5) is 5.82 Å². The number of hydrogen-bond donors (Lipinski definition) is 1. The minimum Gasteiger partial charge on any atom is -0.477 e. The fraction of sp³-hybridized carbons (Fsp3) is 0.250. The summed E-state index contributed by atoms with van der Waals surface area (Å²) in [5.41, 5.74) is 1.85. The molecular formula is C16H16N4O2S. The van der Waals surface area contributed by atoms with E-state index >= 15 is 0 Å². The molecule has 23 heavy (non-hydrogen) atoms. The van der Waals surface area contributed by atoms with Gasteiger partial charge in [-0.25, -0.2) is 15.0 Å². The molecule has 0 fully saturated rings. The van der Waals surface area contributed by atoms with Crippen LogP contribution in [0.5, 0.6) is 5.88 Å². The molecule has 0 saturated heterocycles. The Morgan fingerprint density at radius 1 is 1.30 bits per heavy atom. The highest BCUT2D eigenvalue weighted by molar-refractivity contribution is 7.20. The van der Waals surface area contributed by atoms with Crippen molar-refractivity contribution < 1.29 is 9.53 Å². The summed E-state index contributed by atoms with van der Waals surface area (Å²) >= 11 is 1.32. The molecule has 118 valence electrons. The number of carbonyl (C=O) groups is 1. The smallest absolute Gasteiger partial charge is 0.267 e. The van der Waals surface area contributed by atoms with Gasteiger partial charge in [-0.15, -0.1) is 11.3 Å². The van der Waals surface area contributed by atoms with Gasteiger partial charge in [0.15, 0.2) is 0 Å². The first-order valence-electron chi connectivity index (χ1n) is 7.21. The molecule has 0 bridgehead atoms. The number of nitrogens with one attached hydrogen (secondary N) is 1. The molecule has 0 spiro atoms. The van der Waals surface area contributed by atoms with Gasteiger partial charge in [0.25, 0.3) is 5.91 Å². The van der Waals surface area contributed by atoms with Gasteiger partial charge in [-0.3, -0.25) is 4.79 Å². The number of aryl methyl sites for hydroxylation is 2. The van der Waals surface area contributed by atoms with Crippen LogP contribution in [-0.4, -0.2) is 27.5 Å². The zero-order valence-corrected chi connectivity index (χ0v) is 13.9. The van der Waals surface area contributed by atoms with Crippen LogP contribution in [0.25, 0.3) is 10.2 Å². The summed E-state index contributed by atoms with van der Waals surface area (Å²) in [6.07, 6.45) is 3.12. The lowest BCUT2D eigenvalue weighted by molar-refractivity contribution is 0.102. The number of nitrogens with zero attached hydrogens (tertiary/aromatic N) is 3. The molecule has 1 N–H and O–H groups in total.